The van der Waals surface area contributed by atoms with Crippen molar-refractivity contribution in [3.8, 4) is 0 Å². The zero-order chi connectivity index (χ0) is 19.8. The summed E-state index contributed by atoms with van der Waals surface area (Å²) in [6.07, 6.45) is 3.85. The van der Waals surface area contributed by atoms with E-state index in [4.69, 9.17) is 4.74 Å². The van der Waals surface area contributed by atoms with E-state index in [-0.39, 0.29) is 5.91 Å². The van der Waals surface area contributed by atoms with Gasteiger partial charge in [-0.2, -0.15) is 0 Å². The van der Waals surface area contributed by atoms with Crippen molar-refractivity contribution in [1.29, 1.82) is 0 Å². The maximum atomic E-state index is 13.5. The smallest absolute Gasteiger partial charge is 0.257 e. The first-order valence-corrected chi connectivity index (χ1v) is 9.68. The first-order valence-electron chi connectivity index (χ1n) is 9.68. The molecule has 0 spiro atoms. The predicted octanol–water partition coefficient (Wildman–Crippen LogP) is 2.92. The zero-order valence-electron chi connectivity index (χ0n) is 16.1. The number of pyridine rings is 1. The van der Waals surface area contributed by atoms with Crippen molar-refractivity contribution in [3.63, 3.8) is 0 Å². The number of aromatic nitrogens is 4. The molecule has 1 amide bonds. The van der Waals surface area contributed by atoms with E-state index in [1.54, 1.807) is 0 Å². The summed E-state index contributed by atoms with van der Waals surface area (Å²) < 4.78 is 7.41. The summed E-state index contributed by atoms with van der Waals surface area (Å²) in [7, 11) is 0. The van der Waals surface area contributed by atoms with Crippen LogP contribution in [-0.4, -0.2) is 56.5 Å². The van der Waals surface area contributed by atoms with E-state index in [9.17, 15) is 4.79 Å². The minimum absolute atomic E-state index is 0.0577. The molecule has 4 heterocycles. The van der Waals surface area contributed by atoms with Gasteiger partial charge in [-0.1, -0.05) is 18.2 Å². The normalized spacial score (nSPS) is 15.3. The Bertz CT molecular complexity index is 1200. The van der Waals surface area contributed by atoms with Gasteiger partial charge in [0.25, 0.3) is 5.91 Å². The van der Waals surface area contributed by atoms with Crippen molar-refractivity contribution in [2.24, 2.45) is 0 Å². The number of morpholine rings is 1. The van der Waals surface area contributed by atoms with Crippen LogP contribution in [0.2, 0.25) is 0 Å². The van der Waals surface area contributed by atoms with E-state index in [0.29, 0.717) is 37.7 Å². The third kappa shape index (κ3) is 3.19. The van der Waals surface area contributed by atoms with Gasteiger partial charge in [-0.3, -0.25) is 9.20 Å². The Morgan fingerprint density at radius 1 is 1.10 bits per heavy atom. The lowest BCUT2D eigenvalue weighted by Crippen LogP contribution is -2.41. The highest BCUT2D eigenvalue weighted by Gasteiger charge is 2.25. The second kappa shape index (κ2) is 7.18. The van der Waals surface area contributed by atoms with E-state index in [1.165, 1.54) is 0 Å². The van der Waals surface area contributed by atoms with E-state index < -0.39 is 0 Å². The van der Waals surface area contributed by atoms with Crippen molar-refractivity contribution in [1.82, 2.24) is 24.3 Å². The van der Waals surface area contributed by atoms with Gasteiger partial charge < -0.3 is 14.6 Å². The van der Waals surface area contributed by atoms with Gasteiger partial charge in [-0.15, -0.1) is 0 Å². The number of aromatic amines is 1. The molecule has 0 aliphatic carbocycles. The number of hydrogen-bond donors (Lipinski definition) is 1. The Morgan fingerprint density at radius 3 is 2.72 bits per heavy atom. The summed E-state index contributed by atoms with van der Waals surface area (Å²) in [4.78, 5) is 27.9. The molecule has 0 bridgehead atoms. The number of H-pyrrole nitrogens is 1. The van der Waals surface area contributed by atoms with E-state index in [1.807, 2.05) is 71.0 Å². The minimum atomic E-state index is -0.0577. The molecular formula is C22H21N5O2. The van der Waals surface area contributed by atoms with Gasteiger partial charge in [0.1, 0.15) is 11.5 Å². The van der Waals surface area contributed by atoms with Crippen LogP contribution in [0.5, 0.6) is 0 Å². The number of ether oxygens (including phenoxy) is 1. The van der Waals surface area contributed by atoms with Crippen LogP contribution in [-0.2, 0) is 9.53 Å². The monoisotopic (exact) mass is 387 g/mol. The maximum Gasteiger partial charge on any atom is 0.257 e. The molecule has 146 valence electrons. The molecule has 29 heavy (non-hydrogen) atoms. The number of fused-ring (bicyclic) bond motifs is 2. The standard InChI is InChI=1S/C22H21N5O2/c1-15-19(27-9-5-4-8-20(27)23-15)14-16(22(28)26-10-12-29-13-11-26)21-24-17-6-2-3-7-18(17)25-21/h2-9,14H,10-13H2,1H3,(H,24,25)/b16-14+. The second-order valence-electron chi connectivity index (χ2n) is 7.08. The van der Waals surface area contributed by atoms with Crippen LogP contribution in [0.25, 0.3) is 28.3 Å². The molecule has 0 radical (unpaired) electrons. The molecule has 1 aromatic carbocycles. The van der Waals surface area contributed by atoms with E-state index in [0.717, 1.165) is 28.1 Å². The molecule has 1 saturated heterocycles. The molecule has 5 rings (SSSR count). The van der Waals surface area contributed by atoms with E-state index >= 15 is 0 Å². The molecule has 3 aromatic heterocycles. The number of hydrogen-bond acceptors (Lipinski definition) is 4. The Balaban J connectivity index is 1.67. The molecule has 7 nitrogen and oxygen atoms in total. The number of aryl methyl sites for hydroxylation is 1. The highest BCUT2D eigenvalue weighted by molar-refractivity contribution is 6.23. The summed E-state index contributed by atoms with van der Waals surface area (Å²) >= 11 is 0. The number of amides is 1. The summed E-state index contributed by atoms with van der Waals surface area (Å²) in [6.45, 7) is 4.20. The van der Waals surface area contributed by atoms with Crippen LogP contribution in [0.1, 0.15) is 17.2 Å². The number of carbonyl (C=O) groups excluding carboxylic acids is 1. The van der Waals surface area contributed by atoms with Crippen LogP contribution in [0, 0.1) is 6.92 Å². The van der Waals surface area contributed by atoms with Gasteiger partial charge in [-0.25, -0.2) is 9.97 Å². The van der Waals surface area contributed by atoms with Crippen molar-refractivity contribution >= 4 is 34.2 Å². The first kappa shape index (κ1) is 17.6. The third-order valence-corrected chi connectivity index (χ3v) is 5.21. The second-order valence-corrected chi connectivity index (χ2v) is 7.08. The van der Waals surface area contributed by atoms with Crippen molar-refractivity contribution in [3.05, 3.63) is 65.9 Å². The minimum Gasteiger partial charge on any atom is -0.378 e. The molecule has 0 atom stereocenters. The molecule has 1 N–H and O–H groups in total. The summed E-state index contributed by atoms with van der Waals surface area (Å²) in [6, 6.07) is 13.6. The third-order valence-electron chi connectivity index (χ3n) is 5.21. The predicted molar refractivity (Wildman–Crippen MR) is 111 cm³/mol. The number of nitrogens with one attached hydrogen (secondary N) is 1. The Hall–Kier alpha value is -3.45. The van der Waals surface area contributed by atoms with Crippen molar-refractivity contribution in [2.45, 2.75) is 6.92 Å². The van der Waals surface area contributed by atoms with Gasteiger partial charge in [0.15, 0.2) is 0 Å². The largest absolute Gasteiger partial charge is 0.378 e. The van der Waals surface area contributed by atoms with Gasteiger partial charge in [-0.05, 0) is 37.3 Å². The highest BCUT2D eigenvalue weighted by Crippen LogP contribution is 2.24. The van der Waals surface area contributed by atoms with Gasteiger partial charge in [0.2, 0.25) is 0 Å². The fourth-order valence-electron chi connectivity index (χ4n) is 3.69. The lowest BCUT2D eigenvalue weighted by molar-refractivity contribution is -0.128. The summed E-state index contributed by atoms with van der Waals surface area (Å²) in [5, 5.41) is 0. The fraction of sp³-hybridized carbons (Fsp3) is 0.227. The SMILES string of the molecule is Cc1nc2ccccn2c1/C=C(/C(=O)N1CCOCC1)c1nc2ccccc2[nH]1. The van der Waals surface area contributed by atoms with Gasteiger partial charge in [0.05, 0.1) is 41.2 Å². The first-order chi connectivity index (χ1) is 14.2. The zero-order valence-corrected chi connectivity index (χ0v) is 16.1. The molecule has 0 saturated carbocycles. The molecule has 1 aliphatic heterocycles. The Morgan fingerprint density at radius 2 is 1.90 bits per heavy atom. The Kier molecular flexibility index (Phi) is 4.37. The van der Waals surface area contributed by atoms with Crippen molar-refractivity contribution in [2.75, 3.05) is 26.3 Å². The lowest BCUT2D eigenvalue weighted by Gasteiger charge is -2.27. The van der Waals surface area contributed by atoms with Crippen LogP contribution >= 0.6 is 0 Å². The summed E-state index contributed by atoms with van der Waals surface area (Å²) in [5.41, 5.74) is 4.84. The number of benzene rings is 1. The Labute approximate surface area is 167 Å². The molecule has 1 aliphatic rings. The molecule has 0 unspecified atom stereocenters. The fourth-order valence-corrected chi connectivity index (χ4v) is 3.69. The molecule has 4 aromatic rings. The number of carbonyl (C=O) groups is 1. The quantitative estimate of drug-likeness (QED) is 0.549. The number of nitrogens with zero attached hydrogens (tertiary/aromatic N) is 4. The van der Waals surface area contributed by atoms with Crippen LogP contribution < -0.4 is 0 Å². The van der Waals surface area contributed by atoms with E-state index in [2.05, 4.69) is 15.0 Å². The average molecular weight is 387 g/mol. The van der Waals surface area contributed by atoms with Crippen LogP contribution in [0.15, 0.2) is 48.7 Å². The van der Waals surface area contributed by atoms with Crippen LogP contribution in [0.4, 0.5) is 0 Å². The van der Waals surface area contributed by atoms with Crippen molar-refractivity contribution < 1.29 is 9.53 Å². The number of para-hydroxylation sites is 2. The highest BCUT2D eigenvalue weighted by atomic mass is 16.5. The number of imidazole rings is 2. The lowest BCUT2D eigenvalue weighted by atomic mass is 10.1. The van der Waals surface area contributed by atoms with Gasteiger partial charge >= 0.3 is 0 Å². The maximum absolute atomic E-state index is 13.5. The molecule has 7 heteroatoms. The summed E-state index contributed by atoms with van der Waals surface area (Å²) in [5.74, 6) is 0.505. The average Bonchev–Trinajstić information content (AvgIpc) is 3.32. The van der Waals surface area contributed by atoms with Gasteiger partial charge in [0, 0.05) is 19.3 Å². The molecule has 1 fully saturated rings. The number of rotatable bonds is 3. The van der Waals surface area contributed by atoms with Crippen LogP contribution in [0.3, 0.4) is 0 Å². The molecular weight excluding hydrogens is 366 g/mol. The topological polar surface area (TPSA) is 75.5 Å².